The van der Waals surface area contributed by atoms with Gasteiger partial charge in [-0.2, -0.15) is 0 Å². The molecule has 1 N–H and O–H groups in total. The molecule has 0 bridgehead atoms. The van der Waals surface area contributed by atoms with Crippen molar-refractivity contribution in [2.24, 2.45) is 11.8 Å². The Morgan fingerprint density at radius 1 is 1.47 bits per heavy atom. The van der Waals surface area contributed by atoms with Gasteiger partial charge >= 0.3 is 5.97 Å². The van der Waals surface area contributed by atoms with Crippen LogP contribution in [0.15, 0.2) is 24.3 Å². The minimum absolute atomic E-state index is 0.270. The van der Waals surface area contributed by atoms with Crippen LogP contribution in [0.4, 0.5) is 10.1 Å². The predicted octanol–water partition coefficient (Wildman–Crippen LogP) is 3.22. The van der Waals surface area contributed by atoms with Crippen molar-refractivity contribution in [3.8, 4) is 0 Å². The van der Waals surface area contributed by atoms with Crippen LogP contribution in [-0.2, 0) is 9.53 Å². The van der Waals surface area contributed by atoms with Gasteiger partial charge in [-0.25, -0.2) is 9.18 Å². The minimum atomic E-state index is -0.697. The summed E-state index contributed by atoms with van der Waals surface area (Å²) >= 11 is 0. The van der Waals surface area contributed by atoms with E-state index in [0.29, 0.717) is 17.5 Å². The maximum absolute atomic E-state index is 13.2. The molecule has 104 valence electrons. The molecular weight excluding hydrogens is 245 g/mol. The van der Waals surface area contributed by atoms with Crippen LogP contribution >= 0.6 is 0 Å². The number of nitrogens with one attached hydrogen (secondary N) is 1. The number of anilines is 1. The molecule has 19 heavy (non-hydrogen) atoms. The Balaban J connectivity index is 2.15. The molecule has 1 aliphatic carbocycles. The van der Waals surface area contributed by atoms with Crippen molar-refractivity contribution in [3.63, 3.8) is 0 Å². The average Bonchev–Trinajstić information content (AvgIpc) is 2.32. The monoisotopic (exact) mass is 265 g/mol. The van der Waals surface area contributed by atoms with E-state index < -0.39 is 5.54 Å². The number of hydrogen-bond acceptors (Lipinski definition) is 3. The lowest BCUT2D eigenvalue weighted by atomic mass is 9.64. The Morgan fingerprint density at radius 2 is 2.16 bits per heavy atom. The zero-order chi connectivity index (χ0) is 14.0. The molecule has 2 rings (SSSR count). The summed E-state index contributed by atoms with van der Waals surface area (Å²) in [6.07, 6.45) is 1.46. The third-order valence-corrected chi connectivity index (χ3v) is 3.95. The van der Waals surface area contributed by atoms with Crippen molar-refractivity contribution < 1.29 is 13.9 Å². The lowest BCUT2D eigenvalue weighted by Gasteiger charge is -2.48. The average molecular weight is 265 g/mol. The third kappa shape index (κ3) is 2.72. The molecule has 0 unspecified atom stereocenters. The number of carbonyl (C=O) groups excluding carboxylic acids is 1. The second-order valence-electron chi connectivity index (χ2n) is 5.62. The van der Waals surface area contributed by atoms with Crippen LogP contribution < -0.4 is 5.32 Å². The molecule has 1 fully saturated rings. The van der Waals surface area contributed by atoms with Crippen LogP contribution in [0.25, 0.3) is 0 Å². The van der Waals surface area contributed by atoms with E-state index in [1.807, 2.05) is 0 Å². The van der Waals surface area contributed by atoms with Crippen molar-refractivity contribution in [1.29, 1.82) is 0 Å². The smallest absolute Gasteiger partial charge is 0.331 e. The molecule has 0 aliphatic heterocycles. The van der Waals surface area contributed by atoms with Gasteiger partial charge in [0.2, 0.25) is 0 Å². The normalized spacial score (nSPS) is 25.8. The molecule has 0 atom stereocenters. The van der Waals surface area contributed by atoms with E-state index in [1.165, 1.54) is 19.2 Å². The molecule has 1 aliphatic rings. The van der Waals surface area contributed by atoms with E-state index in [-0.39, 0.29) is 11.8 Å². The summed E-state index contributed by atoms with van der Waals surface area (Å²) < 4.78 is 18.1. The quantitative estimate of drug-likeness (QED) is 0.849. The lowest BCUT2D eigenvalue weighted by Crippen LogP contribution is -2.58. The fourth-order valence-electron chi connectivity index (χ4n) is 2.66. The Labute approximate surface area is 113 Å². The molecule has 3 nitrogen and oxygen atoms in total. The van der Waals surface area contributed by atoms with Gasteiger partial charge in [-0.15, -0.1) is 0 Å². The van der Waals surface area contributed by atoms with Gasteiger partial charge in [-0.3, -0.25) is 0 Å². The first-order valence-corrected chi connectivity index (χ1v) is 6.59. The fourth-order valence-corrected chi connectivity index (χ4v) is 2.66. The zero-order valence-corrected chi connectivity index (χ0v) is 11.6. The highest BCUT2D eigenvalue weighted by Gasteiger charge is 2.52. The van der Waals surface area contributed by atoms with Gasteiger partial charge in [0.1, 0.15) is 11.4 Å². The van der Waals surface area contributed by atoms with Crippen LogP contribution in [0.3, 0.4) is 0 Å². The van der Waals surface area contributed by atoms with Crippen molar-refractivity contribution in [3.05, 3.63) is 30.1 Å². The Hall–Kier alpha value is -1.58. The van der Waals surface area contributed by atoms with Gasteiger partial charge in [0, 0.05) is 5.69 Å². The predicted molar refractivity (Wildman–Crippen MR) is 72.3 cm³/mol. The number of hydrogen-bond donors (Lipinski definition) is 1. The van der Waals surface area contributed by atoms with Crippen molar-refractivity contribution in [2.45, 2.75) is 32.2 Å². The number of methoxy groups -OCH3 is 1. The summed E-state index contributed by atoms with van der Waals surface area (Å²) in [6.45, 7) is 4.29. The molecule has 1 saturated carbocycles. The highest BCUT2D eigenvalue weighted by molar-refractivity contribution is 5.85. The maximum Gasteiger partial charge on any atom is 0.331 e. The van der Waals surface area contributed by atoms with E-state index in [9.17, 15) is 9.18 Å². The molecular formula is C15H20FNO2. The van der Waals surface area contributed by atoms with Gasteiger partial charge in [0.05, 0.1) is 7.11 Å². The van der Waals surface area contributed by atoms with Crippen molar-refractivity contribution >= 4 is 11.7 Å². The van der Waals surface area contributed by atoms with Gasteiger partial charge in [-0.05, 0) is 42.9 Å². The van der Waals surface area contributed by atoms with E-state index in [1.54, 1.807) is 12.1 Å². The largest absolute Gasteiger partial charge is 0.467 e. The number of ether oxygens (including phenoxy) is 1. The molecule has 0 amide bonds. The van der Waals surface area contributed by atoms with Crippen LogP contribution in [0.2, 0.25) is 0 Å². The van der Waals surface area contributed by atoms with Crippen LogP contribution in [0, 0.1) is 17.7 Å². The number of carbonyl (C=O) groups is 1. The first-order chi connectivity index (χ1) is 8.97. The SMILES string of the molecule is COC(=O)C1(Nc2cccc(F)c2)CC(C(C)C)C1. The van der Waals surface area contributed by atoms with Gasteiger partial charge < -0.3 is 10.1 Å². The Morgan fingerprint density at radius 3 is 2.68 bits per heavy atom. The Bertz CT molecular complexity index is 467. The summed E-state index contributed by atoms with van der Waals surface area (Å²) in [7, 11) is 1.39. The van der Waals surface area contributed by atoms with Crippen molar-refractivity contribution in [2.75, 3.05) is 12.4 Å². The minimum Gasteiger partial charge on any atom is -0.467 e. The summed E-state index contributed by atoms with van der Waals surface area (Å²) in [5.41, 5.74) is -0.0788. The highest BCUT2D eigenvalue weighted by atomic mass is 19.1. The van der Waals surface area contributed by atoms with E-state index in [0.717, 1.165) is 12.8 Å². The lowest BCUT2D eigenvalue weighted by molar-refractivity contribution is -0.151. The number of halogens is 1. The van der Waals surface area contributed by atoms with Gasteiger partial charge in [-0.1, -0.05) is 19.9 Å². The second-order valence-corrected chi connectivity index (χ2v) is 5.62. The summed E-state index contributed by atoms with van der Waals surface area (Å²) in [5.74, 6) is 0.450. The first kappa shape index (κ1) is 13.8. The molecule has 0 aromatic heterocycles. The molecule has 1 aromatic carbocycles. The van der Waals surface area contributed by atoms with Gasteiger partial charge in [0.25, 0.3) is 0 Å². The third-order valence-electron chi connectivity index (χ3n) is 3.95. The molecule has 0 spiro atoms. The zero-order valence-electron chi connectivity index (χ0n) is 11.6. The standard InChI is InChI=1S/C15H20FNO2/c1-10(2)11-8-15(9-11,14(18)19-3)17-13-6-4-5-12(16)7-13/h4-7,10-11,17H,8-9H2,1-3H3. The van der Waals surface area contributed by atoms with E-state index in [4.69, 9.17) is 4.74 Å². The molecule has 1 aromatic rings. The van der Waals surface area contributed by atoms with E-state index >= 15 is 0 Å². The number of rotatable bonds is 4. The summed E-state index contributed by atoms with van der Waals surface area (Å²) in [5, 5.41) is 3.15. The summed E-state index contributed by atoms with van der Waals surface area (Å²) in [4.78, 5) is 12.0. The van der Waals surface area contributed by atoms with Crippen LogP contribution in [0.5, 0.6) is 0 Å². The highest BCUT2D eigenvalue weighted by Crippen LogP contribution is 2.45. The molecule has 0 saturated heterocycles. The number of esters is 1. The topological polar surface area (TPSA) is 38.3 Å². The Kier molecular flexibility index (Phi) is 3.78. The number of benzene rings is 1. The maximum atomic E-state index is 13.2. The fraction of sp³-hybridized carbons (Fsp3) is 0.533. The molecule has 0 heterocycles. The second kappa shape index (κ2) is 5.19. The molecule has 0 radical (unpaired) electrons. The van der Waals surface area contributed by atoms with Crippen molar-refractivity contribution in [1.82, 2.24) is 0 Å². The van der Waals surface area contributed by atoms with Gasteiger partial charge in [0.15, 0.2) is 0 Å². The van der Waals surface area contributed by atoms with Crippen LogP contribution in [0.1, 0.15) is 26.7 Å². The first-order valence-electron chi connectivity index (χ1n) is 6.59. The van der Waals surface area contributed by atoms with E-state index in [2.05, 4.69) is 19.2 Å². The van der Waals surface area contributed by atoms with Crippen LogP contribution in [-0.4, -0.2) is 18.6 Å². The molecule has 4 heteroatoms. The summed E-state index contributed by atoms with van der Waals surface area (Å²) in [6, 6.07) is 6.17.